The highest BCUT2D eigenvalue weighted by Crippen LogP contribution is 2.22. The van der Waals surface area contributed by atoms with Crippen LogP contribution in [0.3, 0.4) is 0 Å². The Kier molecular flexibility index (Phi) is 9.09. The van der Waals surface area contributed by atoms with Crippen molar-refractivity contribution in [3.8, 4) is 5.75 Å². The van der Waals surface area contributed by atoms with Crippen molar-refractivity contribution in [3.63, 3.8) is 0 Å². The molecule has 1 amide bonds. The van der Waals surface area contributed by atoms with E-state index >= 15 is 0 Å². The van der Waals surface area contributed by atoms with Gasteiger partial charge in [-0.3, -0.25) is 9.10 Å². The first-order chi connectivity index (χ1) is 13.4. The average Bonchev–Trinajstić information content (AvgIpc) is 2.61. The molecule has 0 unspecified atom stereocenters. The Bertz CT molecular complexity index is 696. The predicted molar refractivity (Wildman–Crippen MR) is 113 cm³/mol. The number of hydrogen-bond acceptors (Lipinski definition) is 4. The molecular formula is C21H34N2O4S. The second-order valence-electron chi connectivity index (χ2n) is 7.48. The number of amides is 1. The van der Waals surface area contributed by atoms with E-state index in [9.17, 15) is 13.2 Å². The van der Waals surface area contributed by atoms with E-state index in [4.69, 9.17) is 4.74 Å². The maximum absolute atomic E-state index is 12.3. The number of sulfonamides is 1. The van der Waals surface area contributed by atoms with Crippen LogP contribution in [-0.4, -0.2) is 39.8 Å². The highest BCUT2D eigenvalue weighted by atomic mass is 32.2. The van der Waals surface area contributed by atoms with Crippen molar-refractivity contribution >= 4 is 21.6 Å². The van der Waals surface area contributed by atoms with Crippen LogP contribution in [-0.2, 0) is 14.8 Å². The van der Waals surface area contributed by atoms with Gasteiger partial charge in [-0.05, 0) is 50.5 Å². The standard InChI is InChI=1S/C21H34N2O4S/c1-3-27-20-15-13-19(14-16-20)23(28(2,25)26)17-9-12-21(24)22-18-10-7-5-4-6-8-11-18/h13-16,18H,3-12,17H2,1-2H3,(H,22,24). The number of carbonyl (C=O) groups is 1. The zero-order chi connectivity index (χ0) is 20.4. The molecule has 0 radical (unpaired) electrons. The van der Waals surface area contributed by atoms with Crippen LogP contribution in [0.15, 0.2) is 24.3 Å². The number of hydrogen-bond donors (Lipinski definition) is 1. The normalized spacial score (nSPS) is 16.1. The first kappa shape index (κ1) is 22.5. The van der Waals surface area contributed by atoms with E-state index < -0.39 is 10.0 Å². The molecule has 7 heteroatoms. The van der Waals surface area contributed by atoms with Gasteiger partial charge < -0.3 is 10.1 Å². The smallest absolute Gasteiger partial charge is 0.232 e. The Morgan fingerprint density at radius 3 is 2.29 bits per heavy atom. The molecule has 0 aromatic heterocycles. The average molecular weight is 411 g/mol. The fourth-order valence-corrected chi connectivity index (χ4v) is 4.61. The second-order valence-corrected chi connectivity index (χ2v) is 9.38. The van der Waals surface area contributed by atoms with Crippen LogP contribution in [0.1, 0.15) is 64.7 Å². The largest absolute Gasteiger partial charge is 0.494 e. The lowest BCUT2D eigenvalue weighted by molar-refractivity contribution is -0.122. The van der Waals surface area contributed by atoms with Gasteiger partial charge in [-0.15, -0.1) is 0 Å². The molecule has 158 valence electrons. The molecule has 1 aliphatic carbocycles. The van der Waals surface area contributed by atoms with Crippen LogP contribution < -0.4 is 14.4 Å². The molecule has 2 rings (SSSR count). The first-order valence-electron chi connectivity index (χ1n) is 10.4. The molecule has 0 heterocycles. The maximum Gasteiger partial charge on any atom is 0.232 e. The quantitative estimate of drug-likeness (QED) is 0.671. The molecule has 1 aromatic rings. The lowest BCUT2D eigenvalue weighted by Gasteiger charge is -2.23. The van der Waals surface area contributed by atoms with Crippen molar-refractivity contribution < 1.29 is 17.9 Å². The summed E-state index contributed by atoms with van der Waals surface area (Å²) in [6.07, 6.45) is 10.2. The molecule has 1 N–H and O–H groups in total. The van der Waals surface area contributed by atoms with Crippen molar-refractivity contribution in [1.29, 1.82) is 0 Å². The van der Waals surface area contributed by atoms with Crippen molar-refractivity contribution in [3.05, 3.63) is 24.3 Å². The summed E-state index contributed by atoms with van der Waals surface area (Å²) in [4.78, 5) is 12.3. The van der Waals surface area contributed by atoms with Gasteiger partial charge in [-0.2, -0.15) is 0 Å². The summed E-state index contributed by atoms with van der Waals surface area (Å²) in [7, 11) is -3.42. The van der Waals surface area contributed by atoms with Crippen molar-refractivity contribution in [2.75, 3.05) is 23.7 Å². The highest BCUT2D eigenvalue weighted by molar-refractivity contribution is 7.92. The van der Waals surface area contributed by atoms with Crippen LogP contribution in [0.25, 0.3) is 0 Å². The molecule has 28 heavy (non-hydrogen) atoms. The number of nitrogens with one attached hydrogen (secondary N) is 1. The number of ether oxygens (including phenoxy) is 1. The van der Waals surface area contributed by atoms with Gasteiger partial charge in [0.15, 0.2) is 0 Å². The van der Waals surface area contributed by atoms with Gasteiger partial charge in [0, 0.05) is 19.0 Å². The van der Waals surface area contributed by atoms with E-state index in [0.717, 1.165) is 12.8 Å². The minimum absolute atomic E-state index is 0.0192. The van der Waals surface area contributed by atoms with E-state index in [1.54, 1.807) is 24.3 Å². The summed E-state index contributed by atoms with van der Waals surface area (Å²) in [5.74, 6) is 0.726. The number of rotatable bonds is 9. The number of benzene rings is 1. The van der Waals surface area contributed by atoms with Gasteiger partial charge in [0.05, 0.1) is 18.6 Å². The van der Waals surface area contributed by atoms with Gasteiger partial charge >= 0.3 is 0 Å². The lowest BCUT2D eigenvalue weighted by Crippen LogP contribution is -2.36. The summed E-state index contributed by atoms with van der Waals surface area (Å²) in [6, 6.07) is 7.27. The fourth-order valence-electron chi connectivity index (χ4n) is 3.65. The molecule has 1 aliphatic rings. The Morgan fingerprint density at radius 2 is 1.71 bits per heavy atom. The van der Waals surface area contributed by atoms with Gasteiger partial charge in [-0.25, -0.2) is 8.42 Å². The minimum Gasteiger partial charge on any atom is -0.494 e. The van der Waals surface area contributed by atoms with E-state index in [1.165, 1.54) is 42.7 Å². The Labute approximate surface area is 169 Å². The lowest BCUT2D eigenvalue weighted by atomic mass is 9.96. The zero-order valence-electron chi connectivity index (χ0n) is 17.2. The predicted octanol–water partition coefficient (Wildman–Crippen LogP) is 3.86. The van der Waals surface area contributed by atoms with Crippen LogP contribution in [0.5, 0.6) is 5.75 Å². The van der Waals surface area contributed by atoms with Crippen LogP contribution in [0, 0.1) is 0 Å². The molecule has 1 fully saturated rings. The molecule has 6 nitrogen and oxygen atoms in total. The molecule has 1 saturated carbocycles. The van der Waals surface area contributed by atoms with Gasteiger partial charge in [-0.1, -0.05) is 32.1 Å². The summed E-state index contributed by atoms with van der Waals surface area (Å²) < 4.78 is 31.2. The molecule has 0 spiro atoms. The van der Waals surface area contributed by atoms with Crippen molar-refractivity contribution in [1.82, 2.24) is 5.32 Å². The fraction of sp³-hybridized carbons (Fsp3) is 0.667. The van der Waals surface area contributed by atoms with Gasteiger partial charge in [0.25, 0.3) is 0 Å². The molecule has 1 aromatic carbocycles. The summed E-state index contributed by atoms with van der Waals surface area (Å²) in [5, 5.41) is 3.14. The van der Waals surface area contributed by atoms with Crippen LogP contribution in [0.2, 0.25) is 0 Å². The molecule has 0 saturated heterocycles. The van der Waals surface area contributed by atoms with E-state index in [0.29, 0.717) is 30.9 Å². The molecule has 0 aliphatic heterocycles. The topological polar surface area (TPSA) is 75.7 Å². The SMILES string of the molecule is CCOc1ccc(N(CCCC(=O)NC2CCCCCCC2)S(C)(=O)=O)cc1. The molecular weight excluding hydrogens is 376 g/mol. The van der Waals surface area contributed by atoms with Crippen LogP contribution >= 0.6 is 0 Å². The highest BCUT2D eigenvalue weighted by Gasteiger charge is 2.19. The first-order valence-corrected chi connectivity index (χ1v) is 12.2. The summed E-state index contributed by atoms with van der Waals surface area (Å²) in [6.45, 7) is 2.74. The Morgan fingerprint density at radius 1 is 1.11 bits per heavy atom. The van der Waals surface area contributed by atoms with Gasteiger partial charge in [0.2, 0.25) is 15.9 Å². The number of anilines is 1. The third kappa shape index (κ3) is 7.70. The van der Waals surface area contributed by atoms with E-state index in [-0.39, 0.29) is 18.5 Å². The van der Waals surface area contributed by atoms with E-state index in [2.05, 4.69) is 5.32 Å². The molecule has 0 bridgehead atoms. The molecule has 0 atom stereocenters. The van der Waals surface area contributed by atoms with Crippen molar-refractivity contribution in [2.24, 2.45) is 0 Å². The van der Waals surface area contributed by atoms with Crippen LogP contribution in [0.4, 0.5) is 5.69 Å². The maximum atomic E-state index is 12.3. The van der Waals surface area contributed by atoms with Crippen molar-refractivity contribution in [2.45, 2.75) is 70.8 Å². The second kappa shape index (κ2) is 11.3. The minimum atomic E-state index is -3.42. The Hall–Kier alpha value is -1.76. The number of carbonyl (C=O) groups excluding carboxylic acids is 1. The Balaban J connectivity index is 1.86. The third-order valence-electron chi connectivity index (χ3n) is 5.07. The number of nitrogens with zero attached hydrogens (tertiary/aromatic N) is 1. The van der Waals surface area contributed by atoms with Gasteiger partial charge in [0.1, 0.15) is 5.75 Å². The summed E-state index contributed by atoms with van der Waals surface area (Å²) >= 11 is 0. The zero-order valence-corrected chi connectivity index (χ0v) is 18.0. The third-order valence-corrected chi connectivity index (χ3v) is 6.27. The van der Waals surface area contributed by atoms with E-state index in [1.807, 2.05) is 6.92 Å². The summed E-state index contributed by atoms with van der Waals surface area (Å²) in [5.41, 5.74) is 0.589. The monoisotopic (exact) mass is 410 g/mol.